The van der Waals surface area contributed by atoms with Crippen molar-refractivity contribution in [2.24, 2.45) is 5.92 Å². The highest BCUT2D eigenvalue weighted by Gasteiger charge is 2.09. The van der Waals surface area contributed by atoms with Gasteiger partial charge in [0.1, 0.15) is 0 Å². The fraction of sp³-hybridized carbons (Fsp3) is 0.647. The minimum atomic E-state index is 0.485. The second-order valence-electron chi connectivity index (χ2n) is 5.50. The highest BCUT2D eigenvalue weighted by atomic mass is 15.1. The third-order valence-electron chi connectivity index (χ3n) is 3.88. The molecule has 2 atom stereocenters. The maximum atomic E-state index is 3.53. The number of benzene rings is 1. The molecule has 0 aromatic heterocycles. The lowest BCUT2D eigenvalue weighted by Crippen LogP contribution is -2.24. The van der Waals surface area contributed by atoms with Gasteiger partial charge in [-0.1, -0.05) is 46.2 Å². The van der Waals surface area contributed by atoms with E-state index in [1.807, 2.05) is 0 Å². The van der Waals surface area contributed by atoms with Gasteiger partial charge in [-0.25, -0.2) is 0 Å². The van der Waals surface area contributed by atoms with Crippen LogP contribution in [0.3, 0.4) is 0 Å². The highest BCUT2D eigenvalue weighted by molar-refractivity contribution is 5.47. The van der Waals surface area contributed by atoms with Gasteiger partial charge in [0.2, 0.25) is 0 Å². The molecule has 0 heterocycles. The van der Waals surface area contributed by atoms with Gasteiger partial charge < -0.3 is 10.2 Å². The van der Waals surface area contributed by atoms with E-state index in [1.54, 1.807) is 0 Å². The molecule has 0 amide bonds. The van der Waals surface area contributed by atoms with Gasteiger partial charge in [-0.2, -0.15) is 0 Å². The normalized spacial score (nSPS) is 14.2. The number of hydrogen-bond acceptors (Lipinski definition) is 2. The van der Waals surface area contributed by atoms with Crippen molar-refractivity contribution >= 4 is 5.69 Å². The Kier molecular flexibility index (Phi) is 6.93. The minimum Gasteiger partial charge on any atom is -0.374 e. The third-order valence-corrected chi connectivity index (χ3v) is 3.88. The summed E-state index contributed by atoms with van der Waals surface area (Å²) in [6.07, 6.45) is 2.37. The lowest BCUT2D eigenvalue weighted by molar-refractivity contribution is 0.537. The first-order chi connectivity index (χ1) is 9.12. The van der Waals surface area contributed by atoms with Crippen molar-refractivity contribution in [1.82, 2.24) is 5.32 Å². The summed E-state index contributed by atoms with van der Waals surface area (Å²) in [5.41, 5.74) is 2.71. The molecule has 0 saturated carbocycles. The van der Waals surface area contributed by atoms with Crippen LogP contribution < -0.4 is 10.2 Å². The molecule has 0 aliphatic rings. The summed E-state index contributed by atoms with van der Waals surface area (Å²) in [5, 5.41) is 3.53. The van der Waals surface area contributed by atoms with E-state index in [-0.39, 0.29) is 0 Å². The van der Waals surface area contributed by atoms with Crippen molar-refractivity contribution in [2.45, 2.75) is 46.6 Å². The first-order valence-corrected chi connectivity index (χ1v) is 7.66. The Morgan fingerprint density at radius 3 is 2.16 bits per heavy atom. The van der Waals surface area contributed by atoms with E-state index >= 15 is 0 Å². The lowest BCUT2D eigenvalue weighted by atomic mass is 10.0. The Labute approximate surface area is 119 Å². The number of rotatable bonds is 8. The molecule has 1 N–H and O–H groups in total. The Balaban J connectivity index is 2.69. The molecule has 0 aliphatic carbocycles. The van der Waals surface area contributed by atoms with Gasteiger partial charge in [-0.3, -0.25) is 0 Å². The van der Waals surface area contributed by atoms with E-state index in [9.17, 15) is 0 Å². The van der Waals surface area contributed by atoms with Crippen LogP contribution in [0.1, 0.15) is 52.1 Å². The summed E-state index contributed by atoms with van der Waals surface area (Å²) in [7, 11) is 2.18. The SMILES string of the molecule is CCNC(CC)c1ccc(N(C)CC(C)CC)cc1. The van der Waals surface area contributed by atoms with Crippen molar-refractivity contribution in [1.29, 1.82) is 0 Å². The first-order valence-electron chi connectivity index (χ1n) is 7.66. The lowest BCUT2D eigenvalue weighted by Gasteiger charge is -2.24. The van der Waals surface area contributed by atoms with Gasteiger partial charge in [0, 0.05) is 25.3 Å². The zero-order valence-electron chi connectivity index (χ0n) is 13.2. The molecular weight excluding hydrogens is 232 g/mol. The van der Waals surface area contributed by atoms with Crippen molar-refractivity contribution < 1.29 is 0 Å². The van der Waals surface area contributed by atoms with E-state index in [1.165, 1.54) is 17.7 Å². The van der Waals surface area contributed by atoms with Crippen LogP contribution in [-0.4, -0.2) is 20.1 Å². The molecule has 1 aromatic carbocycles. The van der Waals surface area contributed by atoms with E-state index in [0.29, 0.717) is 6.04 Å². The molecule has 0 saturated heterocycles. The number of nitrogens with zero attached hydrogens (tertiary/aromatic N) is 1. The van der Waals surface area contributed by atoms with Crippen molar-refractivity contribution in [2.75, 3.05) is 25.0 Å². The van der Waals surface area contributed by atoms with Gasteiger partial charge >= 0.3 is 0 Å². The van der Waals surface area contributed by atoms with Crippen LogP contribution in [0, 0.1) is 5.92 Å². The average molecular weight is 262 g/mol. The van der Waals surface area contributed by atoms with E-state index in [4.69, 9.17) is 0 Å². The molecule has 0 aliphatic heterocycles. The summed E-state index contributed by atoms with van der Waals surface area (Å²) in [6, 6.07) is 9.51. The predicted octanol–water partition coefficient (Wildman–Crippen LogP) is 4.23. The van der Waals surface area contributed by atoms with Gasteiger partial charge in [-0.15, -0.1) is 0 Å². The minimum absolute atomic E-state index is 0.485. The van der Waals surface area contributed by atoms with Crippen molar-refractivity contribution in [3.63, 3.8) is 0 Å². The number of anilines is 1. The Morgan fingerprint density at radius 2 is 1.68 bits per heavy atom. The summed E-state index contributed by atoms with van der Waals surface area (Å²) < 4.78 is 0. The molecule has 2 heteroatoms. The smallest absolute Gasteiger partial charge is 0.0363 e. The molecule has 1 rings (SSSR count). The van der Waals surface area contributed by atoms with Crippen molar-refractivity contribution in [3.05, 3.63) is 29.8 Å². The van der Waals surface area contributed by atoms with Crippen LogP contribution in [0.5, 0.6) is 0 Å². The van der Waals surface area contributed by atoms with Crippen LogP contribution >= 0.6 is 0 Å². The Bertz CT molecular complexity index is 345. The monoisotopic (exact) mass is 262 g/mol. The summed E-state index contributed by atoms with van der Waals surface area (Å²) in [6.45, 7) is 11.1. The molecule has 2 unspecified atom stereocenters. The van der Waals surface area contributed by atoms with Crippen LogP contribution in [0.15, 0.2) is 24.3 Å². The first kappa shape index (κ1) is 16.0. The number of nitrogens with one attached hydrogen (secondary N) is 1. The van der Waals surface area contributed by atoms with Gasteiger partial charge in [0.05, 0.1) is 0 Å². The fourth-order valence-corrected chi connectivity index (χ4v) is 2.41. The Morgan fingerprint density at radius 1 is 1.05 bits per heavy atom. The maximum absolute atomic E-state index is 3.53. The van der Waals surface area contributed by atoms with Gasteiger partial charge in [-0.05, 0) is 36.6 Å². The van der Waals surface area contributed by atoms with Crippen LogP contribution in [0.4, 0.5) is 5.69 Å². The van der Waals surface area contributed by atoms with E-state index in [0.717, 1.165) is 25.4 Å². The zero-order chi connectivity index (χ0) is 14.3. The third kappa shape index (κ3) is 4.87. The van der Waals surface area contributed by atoms with Crippen LogP contribution in [-0.2, 0) is 0 Å². The van der Waals surface area contributed by atoms with Crippen molar-refractivity contribution in [3.8, 4) is 0 Å². The second-order valence-corrected chi connectivity index (χ2v) is 5.50. The topological polar surface area (TPSA) is 15.3 Å². The van der Waals surface area contributed by atoms with Crippen LogP contribution in [0.25, 0.3) is 0 Å². The standard InChI is InChI=1S/C17H30N2/c1-6-14(4)13-19(5)16-11-9-15(10-12-16)17(7-2)18-8-3/h9-12,14,17-18H,6-8,13H2,1-5H3. The largest absolute Gasteiger partial charge is 0.374 e. The van der Waals surface area contributed by atoms with E-state index in [2.05, 4.69) is 69.2 Å². The molecule has 0 radical (unpaired) electrons. The molecule has 0 fully saturated rings. The quantitative estimate of drug-likeness (QED) is 0.754. The zero-order valence-corrected chi connectivity index (χ0v) is 13.2. The molecule has 1 aromatic rings. The molecular formula is C17H30N2. The summed E-state index contributed by atoms with van der Waals surface area (Å²) in [5.74, 6) is 0.745. The maximum Gasteiger partial charge on any atom is 0.0363 e. The number of hydrogen-bond donors (Lipinski definition) is 1. The van der Waals surface area contributed by atoms with Crippen LogP contribution in [0.2, 0.25) is 0 Å². The average Bonchev–Trinajstić information content (AvgIpc) is 2.44. The molecule has 0 spiro atoms. The molecule has 0 bridgehead atoms. The predicted molar refractivity (Wildman–Crippen MR) is 85.9 cm³/mol. The summed E-state index contributed by atoms with van der Waals surface area (Å²) in [4.78, 5) is 2.35. The summed E-state index contributed by atoms with van der Waals surface area (Å²) >= 11 is 0. The van der Waals surface area contributed by atoms with Gasteiger partial charge in [0.15, 0.2) is 0 Å². The fourth-order valence-electron chi connectivity index (χ4n) is 2.41. The van der Waals surface area contributed by atoms with Gasteiger partial charge in [0.25, 0.3) is 0 Å². The highest BCUT2D eigenvalue weighted by Crippen LogP contribution is 2.21. The second kappa shape index (κ2) is 8.21. The Hall–Kier alpha value is -1.02. The molecule has 19 heavy (non-hydrogen) atoms. The van der Waals surface area contributed by atoms with E-state index < -0.39 is 0 Å². The molecule has 108 valence electrons. The molecule has 2 nitrogen and oxygen atoms in total.